The van der Waals surface area contributed by atoms with Gasteiger partial charge in [-0.05, 0) is 25.1 Å². The first-order chi connectivity index (χ1) is 6.66. The minimum atomic E-state index is -0.455. The second-order valence-electron chi connectivity index (χ2n) is 3.38. The summed E-state index contributed by atoms with van der Waals surface area (Å²) in [6.45, 7) is 2.12. The molecule has 0 aliphatic carbocycles. The van der Waals surface area contributed by atoms with Crippen LogP contribution in [0.1, 0.15) is 6.92 Å². The summed E-state index contributed by atoms with van der Waals surface area (Å²) in [4.78, 5) is 0. The zero-order valence-corrected chi connectivity index (χ0v) is 7.81. The molecule has 0 saturated carbocycles. The second kappa shape index (κ2) is 3.38. The Kier molecular flexibility index (Phi) is 2.21. The maximum absolute atomic E-state index is 12.8. The zero-order chi connectivity index (χ0) is 10.1. The molecular formula is C10H11FN2O. The lowest BCUT2D eigenvalue weighted by Crippen LogP contribution is -2.12. The molecule has 0 radical (unpaired) electrons. The Hall–Kier alpha value is -1.42. The number of rotatable bonds is 2. The normalized spacial score (nSPS) is 13.4. The van der Waals surface area contributed by atoms with Crippen molar-refractivity contribution in [3.05, 3.63) is 30.2 Å². The second-order valence-corrected chi connectivity index (χ2v) is 3.38. The van der Waals surface area contributed by atoms with Gasteiger partial charge < -0.3 is 5.11 Å². The number of nitrogens with zero attached hydrogens (tertiary/aromatic N) is 2. The van der Waals surface area contributed by atoms with Crippen molar-refractivity contribution < 1.29 is 9.50 Å². The highest BCUT2D eigenvalue weighted by Crippen LogP contribution is 2.15. The Morgan fingerprint density at radius 2 is 2.36 bits per heavy atom. The van der Waals surface area contributed by atoms with Gasteiger partial charge in [-0.15, -0.1) is 0 Å². The maximum Gasteiger partial charge on any atom is 0.124 e. The Morgan fingerprint density at radius 1 is 1.57 bits per heavy atom. The van der Waals surface area contributed by atoms with Crippen molar-refractivity contribution in [2.45, 2.75) is 19.6 Å². The molecule has 2 aromatic rings. The van der Waals surface area contributed by atoms with Crippen molar-refractivity contribution in [1.29, 1.82) is 0 Å². The van der Waals surface area contributed by atoms with E-state index in [4.69, 9.17) is 0 Å². The molecule has 0 amide bonds. The van der Waals surface area contributed by atoms with Gasteiger partial charge >= 0.3 is 0 Å². The highest BCUT2D eigenvalue weighted by molar-refractivity contribution is 5.78. The summed E-state index contributed by atoms with van der Waals surface area (Å²) in [6, 6.07) is 4.49. The van der Waals surface area contributed by atoms with Crippen molar-refractivity contribution in [3.8, 4) is 0 Å². The first kappa shape index (κ1) is 9.15. The lowest BCUT2D eigenvalue weighted by atomic mass is 10.2. The van der Waals surface area contributed by atoms with E-state index in [0.29, 0.717) is 6.54 Å². The Bertz CT molecular complexity index is 450. The molecule has 1 aromatic carbocycles. The summed E-state index contributed by atoms with van der Waals surface area (Å²) in [5.74, 6) is -0.269. The summed E-state index contributed by atoms with van der Waals surface area (Å²) in [5, 5.41) is 14.0. The molecular weight excluding hydrogens is 183 g/mol. The SMILES string of the molecule is C[C@@H](O)Cn1ncc2cc(F)ccc21. The van der Waals surface area contributed by atoms with Gasteiger partial charge in [0.25, 0.3) is 0 Å². The van der Waals surface area contributed by atoms with Gasteiger partial charge in [0.05, 0.1) is 24.4 Å². The molecule has 0 bridgehead atoms. The molecule has 0 unspecified atom stereocenters. The minimum Gasteiger partial charge on any atom is -0.391 e. The average molecular weight is 194 g/mol. The summed E-state index contributed by atoms with van der Waals surface area (Å²) in [5.41, 5.74) is 0.840. The van der Waals surface area contributed by atoms with Crippen LogP contribution in [-0.4, -0.2) is 21.0 Å². The summed E-state index contributed by atoms with van der Waals surface area (Å²) < 4.78 is 14.5. The van der Waals surface area contributed by atoms with Gasteiger partial charge in [-0.25, -0.2) is 4.39 Å². The third-order valence-electron chi connectivity index (χ3n) is 2.04. The lowest BCUT2D eigenvalue weighted by Gasteiger charge is -2.05. The number of hydrogen-bond donors (Lipinski definition) is 1. The molecule has 0 fully saturated rings. The van der Waals surface area contributed by atoms with Gasteiger partial charge in [-0.2, -0.15) is 5.10 Å². The summed E-state index contributed by atoms with van der Waals surface area (Å²) in [6.07, 6.45) is 1.14. The first-order valence-corrected chi connectivity index (χ1v) is 4.46. The number of hydrogen-bond acceptors (Lipinski definition) is 2. The number of halogens is 1. The zero-order valence-electron chi connectivity index (χ0n) is 7.81. The summed E-state index contributed by atoms with van der Waals surface area (Å²) in [7, 11) is 0. The van der Waals surface area contributed by atoms with Gasteiger partial charge in [0.15, 0.2) is 0 Å². The van der Waals surface area contributed by atoms with Crippen LogP contribution in [0, 0.1) is 5.82 Å². The molecule has 0 aliphatic rings. The number of aliphatic hydroxyl groups excluding tert-OH is 1. The highest BCUT2D eigenvalue weighted by Gasteiger charge is 2.05. The van der Waals surface area contributed by atoms with E-state index < -0.39 is 6.10 Å². The van der Waals surface area contributed by atoms with E-state index in [0.717, 1.165) is 10.9 Å². The maximum atomic E-state index is 12.8. The minimum absolute atomic E-state index is 0.269. The van der Waals surface area contributed by atoms with Crippen molar-refractivity contribution >= 4 is 10.9 Å². The predicted octanol–water partition coefficient (Wildman–Crippen LogP) is 1.56. The van der Waals surface area contributed by atoms with Crippen LogP contribution >= 0.6 is 0 Å². The summed E-state index contributed by atoms with van der Waals surface area (Å²) >= 11 is 0. The van der Waals surface area contributed by atoms with Crippen molar-refractivity contribution in [1.82, 2.24) is 9.78 Å². The smallest absolute Gasteiger partial charge is 0.124 e. The molecule has 14 heavy (non-hydrogen) atoms. The van der Waals surface area contributed by atoms with Crippen LogP contribution < -0.4 is 0 Å². The lowest BCUT2D eigenvalue weighted by molar-refractivity contribution is 0.170. The molecule has 1 N–H and O–H groups in total. The Labute approximate surface area is 80.8 Å². The van der Waals surface area contributed by atoms with Crippen LogP contribution in [0.5, 0.6) is 0 Å². The molecule has 74 valence electrons. The molecule has 3 nitrogen and oxygen atoms in total. The third-order valence-corrected chi connectivity index (χ3v) is 2.04. The molecule has 0 aliphatic heterocycles. The number of aromatic nitrogens is 2. The molecule has 1 heterocycles. The van der Waals surface area contributed by atoms with E-state index in [1.54, 1.807) is 23.9 Å². The molecule has 2 rings (SSSR count). The van der Waals surface area contributed by atoms with Crippen LogP contribution in [-0.2, 0) is 6.54 Å². The number of aliphatic hydroxyl groups is 1. The largest absolute Gasteiger partial charge is 0.391 e. The number of benzene rings is 1. The molecule has 0 saturated heterocycles. The van der Waals surface area contributed by atoms with E-state index in [2.05, 4.69) is 5.10 Å². The topological polar surface area (TPSA) is 38.0 Å². The molecule has 4 heteroatoms. The predicted molar refractivity (Wildman–Crippen MR) is 51.4 cm³/mol. The first-order valence-electron chi connectivity index (χ1n) is 4.46. The third kappa shape index (κ3) is 1.61. The van der Waals surface area contributed by atoms with Crippen molar-refractivity contribution in [3.63, 3.8) is 0 Å². The van der Waals surface area contributed by atoms with E-state index in [1.165, 1.54) is 12.1 Å². The van der Waals surface area contributed by atoms with Gasteiger partial charge in [0.1, 0.15) is 5.82 Å². The quantitative estimate of drug-likeness (QED) is 0.787. The van der Waals surface area contributed by atoms with Gasteiger partial charge in [-0.3, -0.25) is 4.68 Å². The van der Waals surface area contributed by atoms with E-state index in [-0.39, 0.29) is 5.82 Å². The van der Waals surface area contributed by atoms with Crippen LogP contribution in [0.15, 0.2) is 24.4 Å². The van der Waals surface area contributed by atoms with Crippen LogP contribution in [0.2, 0.25) is 0 Å². The average Bonchev–Trinajstić information content (AvgIpc) is 2.47. The standard InChI is InChI=1S/C10H11FN2O/c1-7(14)6-13-10-3-2-9(11)4-8(10)5-12-13/h2-5,7,14H,6H2,1H3/t7-/m1/s1. The fourth-order valence-corrected chi connectivity index (χ4v) is 1.45. The molecule has 1 aromatic heterocycles. The van der Waals surface area contributed by atoms with E-state index in [1.807, 2.05) is 0 Å². The molecule has 1 atom stereocenters. The van der Waals surface area contributed by atoms with E-state index >= 15 is 0 Å². The van der Waals surface area contributed by atoms with Gasteiger partial charge in [0.2, 0.25) is 0 Å². The fraction of sp³-hybridized carbons (Fsp3) is 0.300. The Morgan fingerprint density at radius 3 is 3.07 bits per heavy atom. The van der Waals surface area contributed by atoms with Gasteiger partial charge in [0, 0.05) is 5.39 Å². The fourth-order valence-electron chi connectivity index (χ4n) is 1.45. The van der Waals surface area contributed by atoms with Crippen LogP contribution in [0.3, 0.4) is 0 Å². The van der Waals surface area contributed by atoms with Crippen molar-refractivity contribution in [2.75, 3.05) is 0 Å². The molecule has 0 spiro atoms. The van der Waals surface area contributed by atoms with Crippen molar-refractivity contribution in [2.24, 2.45) is 0 Å². The Balaban J connectivity index is 2.47. The van der Waals surface area contributed by atoms with Crippen LogP contribution in [0.25, 0.3) is 10.9 Å². The highest BCUT2D eigenvalue weighted by atomic mass is 19.1. The van der Waals surface area contributed by atoms with Gasteiger partial charge in [-0.1, -0.05) is 0 Å². The number of fused-ring (bicyclic) bond motifs is 1. The van der Waals surface area contributed by atoms with E-state index in [9.17, 15) is 9.50 Å². The van der Waals surface area contributed by atoms with Crippen LogP contribution in [0.4, 0.5) is 4.39 Å². The monoisotopic (exact) mass is 194 g/mol.